The van der Waals surface area contributed by atoms with Crippen LogP contribution in [0.4, 0.5) is 10.5 Å². The highest BCUT2D eigenvalue weighted by atomic mass is 16.6. The largest absolute Gasteiger partial charge is 0.439 e. The molecule has 0 aliphatic carbocycles. The van der Waals surface area contributed by atoms with Crippen LogP contribution in [-0.4, -0.2) is 48.0 Å². The smallest absolute Gasteiger partial charge is 0.407 e. The van der Waals surface area contributed by atoms with Crippen molar-refractivity contribution in [3.05, 3.63) is 65.2 Å². The number of piperidine rings is 1. The van der Waals surface area contributed by atoms with Crippen LogP contribution in [0.5, 0.6) is 0 Å². The number of carbonyl (C=O) groups excluding carboxylic acids is 3. The third-order valence-electron chi connectivity index (χ3n) is 5.66. The number of amides is 3. The number of alkyl carbamates (subject to hydrolysis) is 1. The van der Waals surface area contributed by atoms with Gasteiger partial charge in [0.25, 0.3) is 5.91 Å². The van der Waals surface area contributed by atoms with Crippen LogP contribution in [0.1, 0.15) is 34.3 Å². The standard InChI is InChI=1S/C23H25N3O4/c1-16-8-9-18(13-19(16)25-20(27)12-17-6-3-2-4-7-17)21(28)26-11-5-10-23(15-26)14-24-22(29)30-23/h2-4,6-9,13H,5,10-12,14-15H2,1H3,(H,24,29)(H,25,27). The zero-order valence-electron chi connectivity index (χ0n) is 16.9. The lowest BCUT2D eigenvalue weighted by atomic mass is 9.92. The molecule has 0 saturated carbocycles. The summed E-state index contributed by atoms with van der Waals surface area (Å²) in [6.07, 6.45) is 1.35. The summed E-state index contributed by atoms with van der Waals surface area (Å²) in [5.41, 5.74) is 2.31. The fraction of sp³-hybridized carbons (Fsp3) is 0.348. The van der Waals surface area contributed by atoms with Crippen molar-refractivity contribution in [3.8, 4) is 0 Å². The van der Waals surface area contributed by atoms with Gasteiger partial charge in [-0.3, -0.25) is 9.59 Å². The molecule has 2 fully saturated rings. The molecule has 2 heterocycles. The van der Waals surface area contributed by atoms with E-state index in [4.69, 9.17) is 4.74 Å². The fourth-order valence-corrected chi connectivity index (χ4v) is 4.05. The first-order chi connectivity index (χ1) is 14.4. The third kappa shape index (κ3) is 4.30. The van der Waals surface area contributed by atoms with Gasteiger partial charge in [-0.2, -0.15) is 0 Å². The quantitative estimate of drug-likeness (QED) is 0.816. The van der Waals surface area contributed by atoms with Crippen molar-refractivity contribution in [1.29, 1.82) is 0 Å². The Hall–Kier alpha value is -3.35. The van der Waals surface area contributed by atoms with Gasteiger partial charge in [0.05, 0.1) is 19.5 Å². The molecule has 2 aliphatic rings. The lowest BCUT2D eigenvalue weighted by Gasteiger charge is -2.38. The molecule has 2 N–H and O–H groups in total. The highest BCUT2D eigenvalue weighted by Gasteiger charge is 2.44. The number of benzene rings is 2. The van der Waals surface area contributed by atoms with Gasteiger partial charge in [-0.05, 0) is 43.0 Å². The van der Waals surface area contributed by atoms with Crippen LogP contribution in [-0.2, 0) is 16.0 Å². The van der Waals surface area contributed by atoms with Gasteiger partial charge in [-0.25, -0.2) is 4.79 Å². The van der Waals surface area contributed by atoms with Crippen LogP contribution in [0.3, 0.4) is 0 Å². The van der Waals surface area contributed by atoms with Crippen LogP contribution in [0, 0.1) is 6.92 Å². The van der Waals surface area contributed by atoms with E-state index in [1.54, 1.807) is 17.0 Å². The Morgan fingerprint density at radius 3 is 2.73 bits per heavy atom. The Bertz CT molecular complexity index is 976. The summed E-state index contributed by atoms with van der Waals surface area (Å²) in [7, 11) is 0. The second kappa shape index (κ2) is 8.18. The van der Waals surface area contributed by atoms with E-state index in [9.17, 15) is 14.4 Å². The molecule has 156 valence electrons. The zero-order valence-corrected chi connectivity index (χ0v) is 16.9. The summed E-state index contributed by atoms with van der Waals surface area (Å²) in [5.74, 6) is -0.259. The number of hydrogen-bond donors (Lipinski definition) is 2. The summed E-state index contributed by atoms with van der Waals surface area (Å²) < 4.78 is 5.46. The van der Waals surface area contributed by atoms with Crippen molar-refractivity contribution >= 4 is 23.6 Å². The number of aryl methyl sites for hydroxylation is 1. The number of anilines is 1. The monoisotopic (exact) mass is 407 g/mol. The van der Waals surface area contributed by atoms with E-state index in [-0.39, 0.29) is 18.2 Å². The van der Waals surface area contributed by atoms with Gasteiger partial charge in [-0.15, -0.1) is 0 Å². The predicted octanol–water partition coefficient (Wildman–Crippen LogP) is 2.89. The number of likely N-dealkylation sites (tertiary alicyclic amines) is 1. The van der Waals surface area contributed by atoms with E-state index in [0.717, 1.165) is 24.0 Å². The Labute approximate surface area is 175 Å². The number of carbonyl (C=O) groups is 3. The van der Waals surface area contributed by atoms with Gasteiger partial charge in [-0.1, -0.05) is 36.4 Å². The van der Waals surface area contributed by atoms with E-state index in [2.05, 4.69) is 10.6 Å². The second-order valence-electron chi connectivity index (χ2n) is 8.00. The average molecular weight is 407 g/mol. The van der Waals surface area contributed by atoms with Crippen molar-refractivity contribution < 1.29 is 19.1 Å². The normalized spacial score (nSPS) is 20.6. The molecule has 7 nitrogen and oxygen atoms in total. The second-order valence-corrected chi connectivity index (χ2v) is 8.00. The summed E-state index contributed by atoms with van der Waals surface area (Å²) in [6.45, 7) is 3.30. The first kappa shape index (κ1) is 19.9. The van der Waals surface area contributed by atoms with Crippen molar-refractivity contribution in [1.82, 2.24) is 10.2 Å². The molecule has 0 aromatic heterocycles. The molecule has 2 aromatic rings. The van der Waals surface area contributed by atoms with Crippen LogP contribution >= 0.6 is 0 Å². The van der Waals surface area contributed by atoms with Gasteiger partial charge >= 0.3 is 6.09 Å². The number of nitrogens with zero attached hydrogens (tertiary/aromatic N) is 1. The molecular formula is C23H25N3O4. The topological polar surface area (TPSA) is 87.7 Å². The van der Waals surface area contributed by atoms with Gasteiger partial charge in [0.2, 0.25) is 5.91 Å². The molecule has 0 bridgehead atoms. The Morgan fingerprint density at radius 2 is 2.00 bits per heavy atom. The van der Waals surface area contributed by atoms with E-state index in [1.807, 2.05) is 43.3 Å². The van der Waals surface area contributed by atoms with Crippen LogP contribution in [0.25, 0.3) is 0 Å². The van der Waals surface area contributed by atoms with Gasteiger partial charge in [0.15, 0.2) is 0 Å². The van der Waals surface area contributed by atoms with E-state index < -0.39 is 11.7 Å². The Balaban J connectivity index is 1.46. The highest BCUT2D eigenvalue weighted by Crippen LogP contribution is 2.29. The molecular weight excluding hydrogens is 382 g/mol. The molecule has 3 amide bonds. The van der Waals surface area contributed by atoms with E-state index in [1.165, 1.54) is 0 Å². The molecule has 0 radical (unpaired) electrons. The lowest BCUT2D eigenvalue weighted by Crippen LogP contribution is -2.52. The van der Waals surface area contributed by atoms with E-state index in [0.29, 0.717) is 30.9 Å². The highest BCUT2D eigenvalue weighted by molar-refractivity contribution is 5.98. The summed E-state index contributed by atoms with van der Waals surface area (Å²) in [4.78, 5) is 38.8. The minimum Gasteiger partial charge on any atom is -0.439 e. The summed E-state index contributed by atoms with van der Waals surface area (Å²) in [5, 5.41) is 5.61. The molecule has 1 atom stereocenters. The van der Waals surface area contributed by atoms with E-state index >= 15 is 0 Å². The summed E-state index contributed by atoms with van der Waals surface area (Å²) in [6, 6.07) is 14.8. The van der Waals surface area contributed by atoms with Crippen molar-refractivity contribution in [2.75, 3.05) is 25.0 Å². The van der Waals surface area contributed by atoms with Gasteiger partial charge in [0.1, 0.15) is 5.60 Å². The molecule has 2 aromatic carbocycles. The first-order valence-electron chi connectivity index (χ1n) is 10.1. The van der Waals surface area contributed by atoms with Crippen molar-refractivity contribution in [2.45, 2.75) is 31.8 Å². The molecule has 1 unspecified atom stereocenters. The Kier molecular flexibility index (Phi) is 5.44. The fourth-order valence-electron chi connectivity index (χ4n) is 4.05. The molecule has 2 saturated heterocycles. The minimum atomic E-state index is -0.636. The SMILES string of the molecule is Cc1ccc(C(=O)N2CCCC3(CNC(=O)O3)C2)cc1NC(=O)Cc1ccccc1. The molecule has 1 spiro atoms. The number of rotatable bonds is 4. The maximum absolute atomic E-state index is 13.1. The first-order valence-corrected chi connectivity index (χ1v) is 10.1. The third-order valence-corrected chi connectivity index (χ3v) is 5.66. The van der Waals surface area contributed by atoms with Crippen LogP contribution in [0.2, 0.25) is 0 Å². The minimum absolute atomic E-state index is 0.129. The Morgan fingerprint density at radius 1 is 1.20 bits per heavy atom. The zero-order chi connectivity index (χ0) is 21.1. The van der Waals surface area contributed by atoms with Crippen LogP contribution in [0.15, 0.2) is 48.5 Å². The predicted molar refractivity (Wildman–Crippen MR) is 112 cm³/mol. The summed E-state index contributed by atoms with van der Waals surface area (Å²) >= 11 is 0. The molecule has 30 heavy (non-hydrogen) atoms. The lowest BCUT2D eigenvalue weighted by molar-refractivity contribution is -0.115. The van der Waals surface area contributed by atoms with Crippen LogP contribution < -0.4 is 10.6 Å². The maximum atomic E-state index is 13.1. The molecule has 7 heteroatoms. The van der Waals surface area contributed by atoms with Gasteiger partial charge < -0.3 is 20.3 Å². The average Bonchev–Trinajstić information content (AvgIpc) is 3.09. The van der Waals surface area contributed by atoms with Crippen molar-refractivity contribution in [2.24, 2.45) is 0 Å². The number of nitrogens with one attached hydrogen (secondary N) is 2. The number of ether oxygens (including phenoxy) is 1. The number of hydrogen-bond acceptors (Lipinski definition) is 4. The maximum Gasteiger partial charge on any atom is 0.407 e. The molecule has 4 rings (SSSR count). The van der Waals surface area contributed by atoms with Crippen molar-refractivity contribution in [3.63, 3.8) is 0 Å². The molecule has 2 aliphatic heterocycles. The van der Waals surface area contributed by atoms with Gasteiger partial charge in [0, 0.05) is 17.8 Å².